The van der Waals surface area contributed by atoms with Gasteiger partial charge in [-0.15, -0.1) is 11.3 Å². The standard InChI is InChI=1S/C18H16N2O4S/c1-11-16(20-18(25-11)14-3-2-6-22-14)17(21)19-10-12-4-5-13-15(9-12)24-8-7-23-13/h2-6,9H,7-8,10H2,1H3,(H,19,21). The molecule has 0 fully saturated rings. The van der Waals surface area contributed by atoms with Crippen LogP contribution in [0.2, 0.25) is 0 Å². The minimum atomic E-state index is -0.207. The quantitative estimate of drug-likeness (QED) is 0.775. The number of aromatic nitrogens is 1. The van der Waals surface area contributed by atoms with Crippen molar-refractivity contribution in [2.45, 2.75) is 13.5 Å². The van der Waals surface area contributed by atoms with Crippen LogP contribution in [-0.4, -0.2) is 24.1 Å². The van der Waals surface area contributed by atoms with Crippen LogP contribution in [-0.2, 0) is 6.54 Å². The molecule has 1 aliphatic rings. The number of benzene rings is 1. The van der Waals surface area contributed by atoms with Gasteiger partial charge in [0.25, 0.3) is 5.91 Å². The Morgan fingerprint density at radius 3 is 2.88 bits per heavy atom. The Bertz CT molecular complexity index is 902. The number of ether oxygens (including phenoxy) is 2. The Morgan fingerprint density at radius 2 is 2.08 bits per heavy atom. The van der Waals surface area contributed by atoms with E-state index in [0.717, 1.165) is 16.2 Å². The molecule has 128 valence electrons. The number of nitrogens with zero attached hydrogens (tertiary/aromatic N) is 1. The van der Waals surface area contributed by atoms with Crippen molar-refractivity contribution in [2.75, 3.05) is 13.2 Å². The van der Waals surface area contributed by atoms with E-state index in [2.05, 4.69) is 10.3 Å². The fourth-order valence-corrected chi connectivity index (χ4v) is 3.46. The van der Waals surface area contributed by atoms with E-state index in [4.69, 9.17) is 13.9 Å². The second-order valence-corrected chi connectivity index (χ2v) is 6.76. The van der Waals surface area contributed by atoms with E-state index in [1.807, 2.05) is 31.2 Å². The summed E-state index contributed by atoms with van der Waals surface area (Å²) < 4.78 is 16.4. The normalized spacial score (nSPS) is 12.8. The van der Waals surface area contributed by atoms with Crippen LogP contribution in [0.15, 0.2) is 41.0 Å². The van der Waals surface area contributed by atoms with Crippen molar-refractivity contribution in [3.05, 3.63) is 52.7 Å². The van der Waals surface area contributed by atoms with Gasteiger partial charge in [-0.1, -0.05) is 6.07 Å². The molecule has 1 N–H and O–H groups in total. The Labute approximate surface area is 148 Å². The summed E-state index contributed by atoms with van der Waals surface area (Å²) in [5.74, 6) is 1.91. The first-order chi connectivity index (χ1) is 12.2. The first-order valence-corrected chi connectivity index (χ1v) is 8.70. The number of rotatable bonds is 4. The molecule has 3 aromatic rings. The Kier molecular flexibility index (Phi) is 4.15. The summed E-state index contributed by atoms with van der Waals surface area (Å²) in [4.78, 5) is 17.7. The third kappa shape index (κ3) is 3.23. The van der Waals surface area contributed by atoms with Crippen molar-refractivity contribution in [1.29, 1.82) is 0 Å². The molecule has 1 amide bonds. The predicted molar refractivity (Wildman–Crippen MR) is 93.2 cm³/mol. The second-order valence-electron chi connectivity index (χ2n) is 5.56. The van der Waals surface area contributed by atoms with Crippen LogP contribution in [0.5, 0.6) is 11.5 Å². The highest BCUT2D eigenvalue weighted by molar-refractivity contribution is 7.15. The number of hydrogen-bond donors (Lipinski definition) is 1. The SMILES string of the molecule is Cc1sc(-c2ccco2)nc1C(=O)NCc1ccc2c(c1)OCCO2. The molecular formula is C18H16N2O4S. The largest absolute Gasteiger partial charge is 0.486 e. The predicted octanol–water partition coefficient (Wildman–Crippen LogP) is 3.41. The van der Waals surface area contributed by atoms with Crippen LogP contribution in [0.25, 0.3) is 10.8 Å². The van der Waals surface area contributed by atoms with Gasteiger partial charge < -0.3 is 19.2 Å². The highest BCUT2D eigenvalue weighted by Gasteiger charge is 2.18. The van der Waals surface area contributed by atoms with E-state index in [1.165, 1.54) is 11.3 Å². The van der Waals surface area contributed by atoms with Gasteiger partial charge in [-0.3, -0.25) is 4.79 Å². The molecule has 0 saturated heterocycles. The third-order valence-electron chi connectivity index (χ3n) is 3.80. The van der Waals surface area contributed by atoms with Gasteiger partial charge in [0, 0.05) is 11.4 Å². The summed E-state index contributed by atoms with van der Waals surface area (Å²) in [6.45, 7) is 3.37. The number of carbonyl (C=O) groups excluding carboxylic acids is 1. The van der Waals surface area contributed by atoms with Gasteiger partial charge >= 0.3 is 0 Å². The number of nitrogens with one attached hydrogen (secondary N) is 1. The molecular weight excluding hydrogens is 340 g/mol. The summed E-state index contributed by atoms with van der Waals surface area (Å²) in [5.41, 5.74) is 1.37. The molecule has 0 bridgehead atoms. The summed E-state index contributed by atoms with van der Waals surface area (Å²) in [6, 6.07) is 9.29. The van der Waals surface area contributed by atoms with Crippen LogP contribution in [0, 0.1) is 6.92 Å². The van der Waals surface area contributed by atoms with E-state index in [-0.39, 0.29) is 5.91 Å². The lowest BCUT2D eigenvalue weighted by Gasteiger charge is -2.18. The van der Waals surface area contributed by atoms with E-state index >= 15 is 0 Å². The molecule has 0 atom stereocenters. The fourth-order valence-electron chi connectivity index (χ4n) is 2.58. The lowest BCUT2D eigenvalue weighted by Crippen LogP contribution is -2.24. The highest BCUT2D eigenvalue weighted by atomic mass is 32.1. The molecule has 25 heavy (non-hydrogen) atoms. The van der Waals surface area contributed by atoms with Crippen molar-refractivity contribution >= 4 is 17.2 Å². The van der Waals surface area contributed by atoms with Crippen molar-refractivity contribution in [3.8, 4) is 22.3 Å². The van der Waals surface area contributed by atoms with Gasteiger partial charge in [0.15, 0.2) is 22.3 Å². The number of amides is 1. The summed E-state index contributed by atoms with van der Waals surface area (Å²) in [6.07, 6.45) is 1.59. The Morgan fingerprint density at radius 1 is 1.24 bits per heavy atom. The van der Waals surface area contributed by atoms with Crippen LogP contribution < -0.4 is 14.8 Å². The minimum Gasteiger partial charge on any atom is -0.486 e. The molecule has 3 heterocycles. The topological polar surface area (TPSA) is 73.6 Å². The molecule has 6 nitrogen and oxygen atoms in total. The molecule has 7 heteroatoms. The zero-order chi connectivity index (χ0) is 17.2. The maximum atomic E-state index is 12.5. The number of fused-ring (bicyclic) bond motifs is 1. The zero-order valence-corrected chi connectivity index (χ0v) is 14.4. The van der Waals surface area contributed by atoms with Gasteiger partial charge in [-0.05, 0) is 36.8 Å². The van der Waals surface area contributed by atoms with Crippen LogP contribution in [0.4, 0.5) is 0 Å². The van der Waals surface area contributed by atoms with Gasteiger partial charge in [0.05, 0.1) is 6.26 Å². The minimum absolute atomic E-state index is 0.207. The molecule has 0 radical (unpaired) electrons. The number of furan rings is 1. The number of aryl methyl sites for hydroxylation is 1. The molecule has 0 unspecified atom stereocenters. The van der Waals surface area contributed by atoms with E-state index < -0.39 is 0 Å². The number of carbonyl (C=O) groups is 1. The maximum Gasteiger partial charge on any atom is 0.271 e. The van der Waals surface area contributed by atoms with Crippen LogP contribution >= 0.6 is 11.3 Å². The first kappa shape index (κ1) is 15.7. The van der Waals surface area contributed by atoms with Crippen molar-refractivity contribution in [2.24, 2.45) is 0 Å². The summed E-state index contributed by atoms with van der Waals surface area (Å²) in [5, 5.41) is 3.60. The van der Waals surface area contributed by atoms with Crippen LogP contribution in [0.3, 0.4) is 0 Å². The lowest BCUT2D eigenvalue weighted by molar-refractivity contribution is 0.0946. The van der Waals surface area contributed by atoms with Crippen molar-refractivity contribution in [1.82, 2.24) is 10.3 Å². The third-order valence-corrected chi connectivity index (χ3v) is 4.79. The van der Waals surface area contributed by atoms with Crippen molar-refractivity contribution in [3.63, 3.8) is 0 Å². The average molecular weight is 356 g/mol. The van der Waals surface area contributed by atoms with Crippen LogP contribution in [0.1, 0.15) is 20.9 Å². The fraction of sp³-hybridized carbons (Fsp3) is 0.222. The zero-order valence-electron chi connectivity index (χ0n) is 13.6. The van der Waals surface area contributed by atoms with Crippen molar-refractivity contribution < 1.29 is 18.7 Å². The average Bonchev–Trinajstić information content (AvgIpc) is 3.29. The second kappa shape index (κ2) is 6.60. The summed E-state index contributed by atoms with van der Waals surface area (Å²) in [7, 11) is 0. The molecule has 0 saturated carbocycles. The van der Waals surface area contributed by atoms with Gasteiger partial charge in [0.1, 0.15) is 18.9 Å². The Balaban J connectivity index is 1.46. The molecule has 4 rings (SSSR count). The summed E-state index contributed by atoms with van der Waals surface area (Å²) >= 11 is 1.44. The van der Waals surface area contributed by atoms with Gasteiger partial charge in [-0.25, -0.2) is 4.98 Å². The Hall–Kier alpha value is -2.80. The van der Waals surface area contributed by atoms with Gasteiger partial charge in [-0.2, -0.15) is 0 Å². The monoisotopic (exact) mass is 356 g/mol. The van der Waals surface area contributed by atoms with E-state index in [1.54, 1.807) is 12.3 Å². The smallest absolute Gasteiger partial charge is 0.271 e. The first-order valence-electron chi connectivity index (χ1n) is 7.89. The van der Waals surface area contributed by atoms with E-state index in [9.17, 15) is 4.79 Å². The lowest BCUT2D eigenvalue weighted by atomic mass is 10.2. The molecule has 1 aromatic carbocycles. The molecule has 1 aliphatic heterocycles. The molecule has 0 aliphatic carbocycles. The molecule has 0 spiro atoms. The maximum absolute atomic E-state index is 12.5. The number of hydrogen-bond acceptors (Lipinski definition) is 6. The van der Waals surface area contributed by atoms with Gasteiger partial charge in [0.2, 0.25) is 0 Å². The van der Waals surface area contributed by atoms with E-state index in [0.29, 0.717) is 42.0 Å². The molecule has 2 aromatic heterocycles. The number of thiazole rings is 1. The highest BCUT2D eigenvalue weighted by Crippen LogP contribution is 2.31.